The van der Waals surface area contributed by atoms with Crippen LogP contribution < -0.4 is 10.6 Å². The molecule has 1 saturated carbocycles. The Balaban J connectivity index is 2.44. The Hall–Kier alpha value is -2.57. The smallest absolute Gasteiger partial charge is 0.408 e. The molecule has 0 aliphatic heterocycles. The van der Waals surface area contributed by atoms with Crippen molar-refractivity contribution in [2.24, 2.45) is 5.92 Å². The fourth-order valence-corrected chi connectivity index (χ4v) is 4.67. The highest BCUT2D eigenvalue weighted by molar-refractivity contribution is 5.92. The summed E-state index contributed by atoms with van der Waals surface area (Å²) in [6.07, 6.45) is 5.35. The van der Waals surface area contributed by atoms with Gasteiger partial charge in [-0.25, -0.2) is 4.79 Å². The highest BCUT2D eigenvalue weighted by Crippen LogP contribution is 2.28. The van der Waals surface area contributed by atoms with Crippen LogP contribution in [0.5, 0.6) is 0 Å². The van der Waals surface area contributed by atoms with E-state index in [0.29, 0.717) is 6.42 Å². The van der Waals surface area contributed by atoms with Gasteiger partial charge in [0.1, 0.15) is 17.7 Å². The van der Waals surface area contributed by atoms with E-state index < -0.39 is 23.8 Å². The zero-order chi connectivity index (χ0) is 27.0. The van der Waals surface area contributed by atoms with Crippen molar-refractivity contribution in [3.05, 3.63) is 35.4 Å². The van der Waals surface area contributed by atoms with Gasteiger partial charge >= 0.3 is 6.09 Å². The van der Waals surface area contributed by atoms with Gasteiger partial charge in [0.25, 0.3) is 0 Å². The van der Waals surface area contributed by atoms with Gasteiger partial charge in [0.2, 0.25) is 11.8 Å². The van der Waals surface area contributed by atoms with Crippen LogP contribution in [-0.2, 0) is 14.3 Å². The molecule has 0 heterocycles. The zero-order valence-corrected chi connectivity index (χ0v) is 23.5. The minimum atomic E-state index is -0.817. The van der Waals surface area contributed by atoms with Crippen molar-refractivity contribution in [2.45, 2.75) is 124 Å². The zero-order valence-electron chi connectivity index (χ0n) is 23.5. The fourth-order valence-electron chi connectivity index (χ4n) is 4.67. The van der Waals surface area contributed by atoms with E-state index in [-0.39, 0.29) is 29.8 Å². The second-order valence-electron chi connectivity index (χ2n) is 11.5. The predicted molar refractivity (Wildman–Crippen MR) is 144 cm³/mol. The molecule has 2 N–H and O–H groups in total. The van der Waals surface area contributed by atoms with Gasteiger partial charge in [-0.3, -0.25) is 9.59 Å². The second kappa shape index (κ2) is 13.1. The summed E-state index contributed by atoms with van der Waals surface area (Å²) in [5, 5.41) is 6.04. The van der Waals surface area contributed by atoms with E-state index in [9.17, 15) is 14.4 Å². The lowest BCUT2D eigenvalue weighted by Crippen LogP contribution is -2.57. The van der Waals surface area contributed by atoms with Gasteiger partial charge < -0.3 is 20.3 Å². The minimum Gasteiger partial charge on any atom is -0.444 e. The lowest BCUT2D eigenvalue weighted by molar-refractivity contribution is -0.146. The number of benzene rings is 1. The molecule has 0 radical (unpaired) electrons. The highest BCUT2D eigenvalue weighted by Gasteiger charge is 2.39. The third-order valence-electron chi connectivity index (χ3n) is 6.83. The third-order valence-corrected chi connectivity index (χ3v) is 6.83. The lowest BCUT2D eigenvalue weighted by Gasteiger charge is -2.39. The predicted octanol–water partition coefficient (Wildman–Crippen LogP) is 5.66. The van der Waals surface area contributed by atoms with Gasteiger partial charge in [0.15, 0.2) is 0 Å². The number of amides is 3. The first-order chi connectivity index (χ1) is 16.8. The number of rotatable bonds is 9. The Labute approximate surface area is 217 Å². The highest BCUT2D eigenvalue weighted by atomic mass is 16.6. The van der Waals surface area contributed by atoms with Gasteiger partial charge in [-0.1, -0.05) is 69.4 Å². The van der Waals surface area contributed by atoms with Crippen LogP contribution in [0.4, 0.5) is 4.79 Å². The number of hydrogen-bond donors (Lipinski definition) is 2. The molecule has 3 unspecified atom stereocenters. The third kappa shape index (κ3) is 8.52. The van der Waals surface area contributed by atoms with Crippen molar-refractivity contribution in [3.8, 4) is 0 Å². The molecule has 0 spiro atoms. The van der Waals surface area contributed by atoms with Crippen LogP contribution in [0.1, 0.15) is 104 Å². The van der Waals surface area contributed by atoms with Crippen molar-refractivity contribution < 1.29 is 19.1 Å². The molecule has 202 valence electrons. The molecule has 1 aromatic rings. The average Bonchev–Trinajstić information content (AvgIpc) is 2.80. The molecule has 3 amide bonds. The van der Waals surface area contributed by atoms with Gasteiger partial charge in [0.05, 0.1) is 0 Å². The molecule has 1 fully saturated rings. The SMILES string of the molecule is CCC(C)C(NC(=O)OC(C)(C)C)C(=O)N(C(C)C)C(C(=O)NC1CCCCC1)c1ccc(C)cc1. The summed E-state index contributed by atoms with van der Waals surface area (Å²) in [5.74, 6) is -0.603. The van der Waals surface area contributed by atoms with E-state index in [4.69, 9.17) is 4.74 Å². The second-order valence-corrected chi connectivity index (χ2v) is 11.5. The molecule has 36 heavy (non-hydrogen) atoms. The Morgan fingerprint density at radius 1 is 1.03 bits per heavy atom. The van der Waals surface area contributed by atoms with Crippen LogP contribution in [0.3, 0.4) is 0 Å². The van der Waals surface area contributed by atoms with Gasteiger partial charge in [-0.2, -0.15) is 0 Å². The number of nitrogens with zero attached hydrogens (tertiary/aromatic N) is 1. The van der Waals surface area contributed by atoms with E-state index in [1.165, 1.54) is 6.42 Å². The number of aryl methyl sites for hydroxylation is 1. The van der Waals surface area contributed by atoms with Crippen molar-refractivity contribution >= 4 is 17.9 Å². The van der Waals surface area contributed by atoms with Gasteiger partial charge in [0, 0.05) is 12.1 Å². The van der Waals surface area contributed by atoms with E-state index in [2.05, 4.69) is 10.6 Å². The summed E-state index contributed by atoms with van der Waals surface area (Å²) in [4.78, 5) is 42.3. The van der Waals surface area contributed by atoms with Crippen LogP contribution in [0, 0.1) is 12.8 Å². The maximum Gasteiger partial charge on any atom is 0.408 e. The number of nitrogens with one attached hydrogen (secondary N) is 2. The molecule has 1 aliphatic carbocycles. The maximum absolute atomic E-state index is 14.1. The summed E-state index contributed by atoms with van der Waals surface area (Å²) in [6, 6.07) is 6.00. The van der Waals surface area contributed by atoms with Crippen molar-refractivity contribution in [1.82, 2.24) is 15.5 Å². The van der Waals surface area contributed by atoms with Crippen molar-refractivity contribution in [1.29, 1.82) is 0 Å². The monoisotopic (exact) mass is 501 g/mol. The Bertz CT molecular complexity index is 870. The van der Waals surface area contributed by atoms with Crippen LogP contribution >= 0.6 is 0 Å². The molecule has 0 saturated heterocycles. The Kier molecular flexibility index (Phi) is 10.8. The summed E-state index contributed by atoms with van der Waals surface area (Å²) in [7, 11) is 0. The summed E-state index contributed by atoms with van der Waals surface area (Å²) in [6.45, 7) is 15.1. The number of carbonyl (C=O) groups excluding carboxylic acids is 3. The molecule has 7 heteroatoms. The molecular weight excluding hydrogens is 454 g/mol. The Morgan fingerprint density at radius 3 is 2.11 bits per heavy atom. The average molecular weight is 502 g/mol. The molecule has 0 bridgehead atoms. The van der Waals surface area contributed by atoms with E-state index in [0.717, 1.165) is 36.8 Å². The number of alkyl carbamates (subject to hydrolysis) is 1. The first-order valence-corrected chi connectivity index (χ1v) is 13.5. The lowest BCUT2D eigenvalue weighted by atomic mass is 9.93. The largest absolute Gasteiger partial charge is 0.444 e. The normalized spacial score (nSPS) is 17.1. The molecule has 0 aromatic heterocycles. The van der Waals surface area contributed by atoms with Gasteiger partial charge in [-0.05, 0) is 65.9 Å². The first-order valence-electron chi connectivity index (χ1n) is 13.5. The summed E-state index contributed by atoms with van der Waals surface area (Å²) < 4.78 is 5.46. The van der Waals surface area contributed by atoms with Crippen LogP contribution in [0.2, 0.25) is 0 Å². The molecule has 7 nitrogen and oxygen atoms in total. The van der Waals surface area contributed by atoms with Crippen molar-refractivity contribution in [2.75, 3.05) is 0 Å². The fraction of sp³-hybridized carbons (Fsp3) is 0.690. The molecule has 1 aliphatic rings. The number of ether oxygens (including phenoxy) is 1. The topological polar surface area (TPSA) is 87.7 Å². The van der Waals surface area contributed by atoms with Crippen molar-refractivity contribution in [3.63, 3.8) is 0 Å². The van der Waals surface area contributed by atoms with Crippen LogP contribution in [-0.4, -0.2) is 46.5 Å². The molecular formula is C29H47N3O4. The molecule has 2 rings (SSSR count). The van der Waals surface area contributed by atoms with Crippen LogP contribution in [0.15, 0.2) is 24.3 Å². The first kappa shape index (κ1) is 29.7. The number of carbonyl (C=O) groups is 3. The summed E-state index contributed by atoms with van der Waals surface area (Å²) in [5.41, 5.74) is 1.16. The quantitative estimate of drug-likeness (QED) is 0.457. The van der Waals surface area contributed by atoms with E-state index in [1.54, 1.807) is 25.7 Å². The summed E-state index contributed by atoms with van der Waals surface area (Å²) >= 11 is 0. The van der Waals surface area contributed by atoms with Crippen LogP contribution in [0.25, 0.3) is 0 Å². The number of hydrogen-bond acceptors (Lipinski definition) is 4. The molecule has 1 aromatic carbocycles. The van der Waals surface area contributed by atoms with E-state index in [1.807, 2.05) is 58.9 Å². The van der Waals surface area contributed by atoms with E-state index >= 15 is 0 Å². The standard InChI is InChI=1S/C29H47N3O4/c1-9-21(5)24(31-28(35)36-29(6,7)8)27(34)32(19(2)3)25(22-17-15-20(4)16-18-22)26(33)30-23-13-11-10-12-14-23/h15-19,21,23-25H,9-14H2,1-8H3,(H,30,33)(H,31,35). The maximum atomic E-state index is 14.1. The minimum absolute atomic E-state index is 0.119. The van der Waals surface area contributed by atoms with Gasteiger partial charge in [-0.15, -0.1) is 0 Å². The Morgan fingerprint density at radius 2 is 1.61 bits per heavy atom. The molecule has 3 atom stereocenters.